The van der Waals surface area contributed by atoms with Crippen molar-refractivity contribution in [3.63, 3.8) is 0 Å². The van der Waals surface area contributed by atoms with Crippen LogP contribution in [0.1, 0.15) is 46.0 Å². The highest BCUT2D eigenvalue weighted by Crippen LogP contribution is 2.54. The number of hydrogen-bond acceptors (Lipinski definition) is 3. The van der Waals surface area contributed by atoms with Crippen LogP contribution in [0.4, 0.5) is 0 Å². The third kappa shape index (κ3) is 2.51. The largest absolute Gasteiger partial charge is 0.378 e. The molecule has 0 aromatic carbocycles. The smallest absolute Gasteiger partial charge is 0.0946 e. The molecule has 3 rings (SSSR count). The molecule has 3 unspecified atom stereocenters. The van der Waals surface area contributed by atoms with Crippen LogP contribution in [0.2, 0.25) is 0 Å². The van der Waals surface area contributed by atoms with Crippen molar-refractivity contribution in [3.8, 4) is 0 Å². The van der Waals surface area contributed by atoms with Crippen molar-refractivity contribution in [3.05, 3.63) is 18.7 Å². The first-order chi connectivity index (χ1) is 9.74. The molecule has 0 bridgehead atoms. The fraction of sp³-hybridized carbons (Fsp3) is 0.812. The van der Waals surface area contributed by atoms with E-state index < -0.39 is 0 Å². The Hall–Kier alpha value is -0.870. The third-order valence-electron chi connectivity index (χ3n) is 5.22. The fourth-order valence-electron chi connectivity index (χ4n) is 4.23. The van der Waals surface area contributed by atoms with E-state index in [0.717, 1.165) is 13.2 Å². The Bertz CT molecular complexity index is 411. The predicted octanol–water partition coefficient (Wildman–Crippen LogP) is 2.60. The van der Waals surface area contributed by atoms with Crippen molar-refractivity contribution in [1.82, 2.24) is 14.9 Å². The molecule has 0 aliphatic heterocycles. The average molecular weight is 277 g/mol. The van der Waals surface area contributed by atoms with Crippen molar-refractivity contribution < 1.29 is 4.74 Å². The number of nitrogens with one attached hydrogen (secondary N) is 1. The van der Waals surface area contributed by atoms with E-state index in [1.807, 2.05) is 18.7 Å². The number of ether oxygens (including phenoxy) is 1. The van der Waals surface area contributed by atoms with E-state index in [1.54, 1.807) is 0 Å². The quantitative estimate of drug-likeness (QED) is 0.868. The van der Waals surface area contributed by atoms with E-state index in [0.29, 0.717) is 23.6 Å². The molecule has 0 radical (unpaired) electrons. The van der Waals surface area contributed by atoms with Gasteiger partial charge in [0.05, 0.1) is 12.4 Å². The zero-order chi connectivity index (χ0) is 14.0. The Labute approximate surface area is 121 Å². The van der Waals surface area contributed by atoms with Gasteiger partial charge in [0.1, 0.15) is 0 Å². The van der Waals surface area contributed by atoms with Crippen molar-refractivity contribution in [2.75, 3.05) is 6.61 Å². The average Bonchev–Trinajstić information content (AvgIpc) is 3.09. The Morgan fingerprint density at radius 1 is 1.45 bits per heavy atom. The van der Waals surface area contributed by atoms with Gasteiger partial charge >= 0.3 is 0 Å². The van der Waals surface area contributed by atoms with Crippen LogP contribution in [0.15, 0.2) is 18.7 Å². The van der Waals surface area contributed by atoms with Gasteiger partial charge in [-0.15, -0.1) is 0 Å². The maximum absolute atomic E-state index is 5.98. The normalized spacial score (nSPS) is 29.5. The molecule has 1 N–H and O–H groups in total. The Morgan fingerprint density at radius 2 is 2.25 bits per heavy atom. The first-order valence-corrected chi connectivity index (χ1v) is 8.08. The molecule has 4 nitrogen and oxygen atoms in total. The minimum Gasteiger partial charge on any atom is -0.378 e. The predicted molar refractivity (Wildman–Crippen MR) is 79.5 cm³/mol. The molecule has 1 aromatic heterocycles. The lowest BCUT2D eigenvalue weighted by Gasteiger charge is -2.55. The first-order valence-electron chi connectivity index (χ1n) is 8.08. The molecule has 4 heteroatoms. The van der Waals surface area contributed by atoms with Crippen LogP contribution in [0.3, 0.4) is 0 Å². The second kappa shape index (κ2) is 5.86. The van der Waals surface area contributed by atoms with Crippen molar-refractivity contribution in [2.24, 2.45) is 5.41 Å². The van der Waals surface area contributed by atoms with Crippen LogP contribution in [0.5, 0.6) is 0 Å². The highest BCUT2D eigenvalue weighted by atomic mass is 16.5. The highest BCUT2D eigenvalue weighted by Gasteiger charge is 2.56. The highest BCUT2D eigenvalue weighted by molar-refractivity contribution is 5.10. The number of imidazole rings is 1. The number of aromatic nitrogens is 2. The molecule has 2 aliphatic carbocycles. The molecule has 2 fully saturated rings. The summed E-state index contributed by atoms with van der Waals surface area (Å²) >= 11 is 0. The molecule has 0 amide bonds. The van der Waals surface area contributed by atoms with Crippen LogP contribution in [0.25, 0.3) is 0 Å². The molecule has 2 saturated carbocycles. The van der Waals surface area contributed by atoms with Crippen LogP contribution >= 0.6 is 0 Å². The maximum Gasteiger partial charge on any atom is 0.0946 e. The topological polar surface area (TPSA) is 39.1 Å². The van der Waals surface area contributed by atoms with Crippen molar-refractivity contribution in [2.45, 2.75) is 70.7 Å². The van der Waals surface area contributed by atoms with Gasteiger partial charge in [0, 0.05) is 43.0 Å². The van der Waals surface area contributed by atoms with Crippen LogP contribution < -0.4 is 5.32 Å². The summed E-state index contributed by atoms with van der Waals surface area (Å²) in [7, 11) is 0. The lowest BCUT2D eigenvalue weighted by Crippen LogP contribution is -2.64. The second-order valence-corrected chi connectivity index (χ2v) is 6.50. The molecule has 1 aromatic rings. The summed E-state index contributed by atoms with van der Waals surface area (Å²) in [6, 6.07) is 1.12. The standard InChI is InChI=1S/C16H27N3O/c1-3-20-15-10-14(16(15)6-4-5-7-16)18-13(2)11-19-9-8-17-12-19/h8-9,12-15,18H,3-7,10-11H2,1-2H3. The van der Waals surface area contributed by atoms with Gasteiger partial charge in [-0.3, -0.25) is 0 Å². The fourth-order valence-corrected chi connectivity index (χ4v) is 4.23. The van der Waals surface area contributed by atoms with Gasteiger partial charge in [-0.25, -0.2) is 4.98 Å². The van der Waals surface area contributed by atoms with E-state index in [4.69, 9.17) is 4.74 Å². The number of hydrogen-bond donors (Lipinski definition) is 1. The van der Waals surface area contributed by atoms with E-state index in [9.17, 15) is 0 Å². The maximum atomic E-state index is 5.98. The van der Waals surface area contributed by atoms with Gasteiger partial charge in [0.2, 0.25) is 0 Å². The molecular formula is C16H27N3O. The summed E-state index contributed by atoms with van der Waals surface area (Å²) in [5, 5.41) is 3.85. The minimum absolute atomic E-state index is 0.430. The van der Waals surface area contributed by atoms with Gasteiger partial charge in [0.15, 0.2) is 0 Å². The van der Waals surface area contributed by atoms with E-state index in [1.165, 1.54) is 32.1 Å². The zero-order valence-electron chi connectivity index (χ0n) is 12.7. The molecule has 0 saturated heterocycles. The first kappa shape index (κ1) is 14.1. The molecule has 112 valence electrons. The Kier molecular flexibility index (Phi) is 4.13. The van der Waals surface area contributed by atoms with E-state index >= 15 is 0 Å². The van der Waals surface area contributed by atoms with Crippen LogP contribution in [-0.4, -0.2) is 34.3 Å². The van der Waals surface area contributed by atoms with Gasteiger partial charge in [-0.1, -0.05) is 12.8 Å². The molecular weight excluding hydrogens is 250 g/mol. The summed E-state index contributed by atoms with van der Waals surface area (Å²) in [6.45, 7) is 6.23. The van der Waals surface area contributed by atoms with Gasteiger partial charge in [0.25, 0.3) is 0 Å². The number of nitrogens with zero attached hydrogens (tertiary/aromatic N) is 2. The van der Waals surface area contributed by atoms with Gasteiger partial charge in [-0.05, 0) is 33.1 Å². The number of rotatable bonds is 6. The monoisotopic (exact) mass is 277 g/mol. The summed E-state index contributed by atoms with van der Waals surface area (Å²) in [6.07, 6.45) is 12.9. The summed E-state index contributed by atoms with van der Waals surface area (Å²) in [5.41, 5.74) is 0.430. The lowest BCUT2D eigenvalue weighted by atomic mass is 9.60. The minimum atomic E-state index is 0.430. The van der Waals surface area contributed by atoms with E-state index in [2.05, 4.69) is 28.7 Å². The Balaban J connectivity index is 1.57. The van der Waals surface area contributed by atoms with E-state index in [-0.39, 0.29) is 0 Å². The van der Waals surface area contributed by atoms with Crippen molar-refractivity contribution >= 4 is 0 Å². The lowest BCUT2D eigenvalue weighted by molar-refractivity contribution is -0.132. The van der Waals surface area contributed by atoms with Crippen LogP contribution in [-0.2, 0) is 11.3 Å². The van der Waals surface area contributed by atoms with Crippen LogP contribution in [0, 0.1) is 5.41 Å². The molecule has 1 heterocycles. The molecule has 2 aliphatic rings. The molecule has 3 atom stereocenters. The molecule has 20 heavy (non-hydrogen) atoms. The van der Waals surface area contributed by atoms with Crippen molar-refractivity contribution in [1.29, 1.82) is 0 Å². The third-order valence-corrected chi connectivity index (χ3v) is 5.22. The summed E-state index contributed by atoms with van der Waals surface area (Å²) < 4.78 is 8.13. The summed E-state index contributed by atoms with van der Waals surface area (Å²) in [5.74, 6) is 0. The second-order valence-electron chi connectivity index (χ2n) is 6.50. The molecule has 1 spiro atoms. The van der Waals surface area contributed by atoms with Gasteiger partial charge in [-0.2, -0.15) is 0 Å². The van der Waals surface area contributed by atoms with Gasteiger partial charge < -0.3 is 14.6 Å². The Morgan fingerprint density at radius 3 is 2.90 bits per heavy atom. The zero-order valence-corrected chi connectivity index (χ0v) is 12.7. The summed E-state index contributed by atoms with van der Waals surface area (Å²) in [4.78, 5) is 4.11. The SMILES string of the molecule is CCOC1CC(NC(C)Cn2ccnc2)C12CCCC2.